The van der Waals surface area contributed by atoms with E-state index in [0.717, 1.165) is 6.42 Å². The molecule has 0 aromatic heterocycles. The Kier molecular flexibility index (Phi) is 7.24. The summed E-state index contributed by atoms with van der Waals surface area (Å²) < 4.78 is 0. The highest BCUT2D eigenvalue weighted by Gasteiger charge is 2.45. The summed E-state index contributed by atoms with van der Waals surface area (Å²) in [6.45, 7) is 2.29. The number of anilines is 3. The van der Waals surface area contributed by atoms with Gasteiger partial charge in [-0.1, -0.05) is 154 Å². The molecule has 1 atom stereocenters. The van der Waals surface area contributed by atoms with Crippen molar-refractivity contribution in [1.82, 2.24) is 0 Å². The Bertz CT molecular complexity index is 2890. The Morgan fingerprint density at radius 3 is 1.91 bits per heavy atom. The van der Waals surface area contributed by atoms with Gasteiger partial charge in [0.1, 0.15) is 6.17 Å². The average molecular weight is 733 g/mol. The highest BCUT2D eigenvalue weighted by atomic mass is 15.3. The summed E-state index contributed by atoms with van der Waals surface area (Å²) in [5, 5.41) is 6.47. The second-order valence-corrected chi connectivity index (χ2v) is 16.6. The monoisotopic (exact) mass is 732 g/mol. The number of para-hydroxylation sites is 2. The van der Waals surface area contributed by atoms with E-state index in [2.05, 4.69) is 181 Å². The third kappa shape index (κ3) is 4.71. The normalized spacial score (nSPS) is 16.6. The van der Waals surface area contributed by atoms with Gasteiger partial charge in [-0.05, 0) is 144 Å². The lowest BCUT2D eigenvalue weighted by molar-refractivity contribution is 0.353. The zero-order valence-corrected chi connectivity index (χ0v) is 32.4. The number of hydrogen-bond donors (Lipinski definition) is 1. The maximum absolute atomic E-state index is 3.81. The lowest BCUT2D eigenvalue weighted by Crippen LogP contribution is -2.32. The number of rotatable bonds is 5. The predicted octanol–water partition coefficient (Wildman–Crippen LogP) is 15.0. The van der Waals surface area contributed by atoms with Gasteiger partial charge in [0.05, 0.1) is 11.4 Å². The number of nitrogens with zero attached hydrogens (tertiary/aromatic N) is 1. The van der Waals surface area contributed by atoms with Crippen molar-refractivity contribution in [3.63, 3.8) is 0 Å². The van der Waals surface area contributed by atoms with Crippen LogP contribution in [0.5, 0.6) is 0 Å². The Balaban J connectivity index is 1.10. The second kappa shape index (κ2) is 12.6. The third-order valence-corrected chi connectivity index (χ3v) is 13.7. The van der Waals surface area contributed by atoms with Crippen molar-refractivity contribution in [2.24, 2.45) is 0 Å². The summed E-state index contributed by atoms with van der Waals surface area (Å²) in [6.07, 6.45) is 7.46. The molecule has 1 saturated carbocycles. The average Bonchev–Trinajstić information content (AvgIpc) is 3.91. The van der Waals surface area contributed by atoms with Crippen LogP contribution in [-0.4, -0.2) is 6.17 Å². The van der Waals surface area contributed by atoms with Crippen molar-refractivity contribution in [1.29, 1.82) is 0 Å². The highest BCUT2D eigenvalue weighted by Crippen LogP contribution is 2.60. The molecule has 1 aliphatic heterocycles. The molecular formula is C55H44N2. The van der Waals surface area contributed by atoms with E-state index < -0.39 is 0 Å². The summed E-state index contributed by atoms with van der Waals surface area (Å²) in [5.74, 6) is 0. The van der Waals surface area contributed by atoms with Crippen LogP contribution in [0.25, 0.3) is 77.5 Å². The van der Waals surface area contributed by atoms with E-state index >= 15 is 0 Å². The van der Waals surface area contributed by atoms with Crippen LogP contribution in [0.3, 0.4) is 0 Å². The largest absolute Gasteiger partial charge is 0.363 e. The van der Waals surface area contributed by atoms with E-state index in [9.17, 15) is 0 Å². The molecule has 57 heavy (non-hydrogen) atoms. The van der Waals surface area contributed by atoms with E-state index in [-0.39, 0.29) is 11.6 Å². The number of fused-ring (bicyclic) bond motifs is 9. The first kappa shape index (κ1) is 32.8. The molecule has 8 aromatic rings. The molecule has 2 heteroatoms. The van der Waals surface area contributed by atoms with Gasteiger partial charge in [-0.15, -0.1) is 0 Å². The molecule has 1 fully saturated rings. The summed E-state index contributed by atoms with van der Waals surface area (Å²) >= 11 is 0. The summed E-state index contributed by atoms with van der Waals surface area (Å²) in [5.41, 5.74) is 22.8. The van der Waals surface area contributed by atoms with E-state index in [1.807, 2.05) is 0 Å². The van der Waals surface area contributed by atoms with E-state index in [4.69, 9.17) is 0 Å². The van der Waals surface area contributed by atoms with Crippen molar-refractivity contribution < 1.29 is 0 Å². The van der Waals surface area contributed by atoms with Crippen molar-refractivity contribution >= 4 is 27.8 Å². The first-order chi connectivity index (χ1) is 28.2. The van der Waals surface area contributed by atoms with Crippen LogP contribution < -0.4 is 10.2 Å². The maximum Gasteiger partial charge on any atom is 0.104 e. The summed E-state index contributed by atoms with van der Waals surface area (Å²) in [4.78, 5) is 2.54. The molecular weight excluding hydrogens is 689 g/mol. The molecule has 1 unspecified atom stereocenters. The fraction of sp³-hybridized carbons (Fsp3) is 0.164. The van der Waals surface area contributed by atoms with Gasteiger partial charge in [-0.2, -0.15) is 0 Å². The summed E-state index contributed by atoms with van der Waals surface area (Å²) in [6, 6.07) is 62.2. The maximum atomic E-state index is 3.81. The molecule has 0 amide bonds. The molecule has 1 N–H and O–H groups in total. The van der Waals surface area contributed by atoms with Crippen LogP contribution in [0.15, 0.2) is 164 Å². The van der Waals surface area contributed by atoms with Crippen molar-refractivity contribution in [3.8, 4) is 66.8 Å². The van der Waals surface area contributed by atoms with Gasteiger partial charge in [-0.3, -0.25) is 0 Å². The zero-order valence-electron chi connectivity index (χ0n) is 32.4. The molecule has 2 nitrogen and oxygen atoms in total. The molecule has 1 heterocycles. The minimum absolute atomic E-state index is 0.00293. The molecule has 0 radical (unpaired) electrons. The zero-order chi connectivity index (χ0) is 37.7. The van der Waals surface area contributed by atoms with Gasteiger partial charge in [0, 0.05) is 11.1 Å². The Hall–Kier alpha value is -6.38. The topological polar surface area (TPSA) is 15.3 Å². The van der Waals surface area contributed by atoms with Gasteiger partial charge in [0.25, 0.3) is 0 Å². The van der Waals surface area contributed by atoms with Gasteiger partial charge < -0.3 is 10.2 Å². The van der Waals surface area contributed by atoms with Crippen molar-refractivity contribution in [3.05, 3.63) is 175 Å². The summed E-state index contributed by atoms with van der Waals surface area (Å²) in [7, 11) is 0. The Morgan fingerprint density at radius 1 is 0.509 bits per heavy atom. The van der Waals surface area contributed by atoms with Crippen LogP contribution >= 0.6 is 0 Å². The fourth-order valence-electron chi connectivity index (χ4n) is 11.3. The Labute approximate surface area is 335 Å². The van der Waals surface area contributed by atoms with Crippen LogP contribution in [0.4, 0.5) is 17.1 Å². The standard InChI is InChI=1S/C55H44N2/c1-2-50-56-48-24-10-11-25-49(48)57(50)39-27-29-41-40-28-26-38(32-46(40)55(47(41)33-39)30-12-5-13-31-55)45-34-44(35-16-6-3-7-17-35)53-42-22-14-20-36-21-15-23-43(51(36)42)54(53)52(45)37-18-8-4-9-19-37/h3-4,6-11,14-29,32-34,50,56H,2,5,12-13,30-31H2,1H3. The lowest BCUT2D eigenvalue weighted by Gasteiger charge is -2.37. The second-order valence-electron chi connectivity index (χ2n) is 16.6. The van der Waals surface area contributed by atoms with Crippen LogP contribution in [0.1, 0.15) is 56.6 Å². The number of hydrogen-bond acceptors (Lipinski definition) is 2. The third-order valence-electron chi connectivity index (χ3n) is 13.7. The number of nitrogens with one attached hydrogen (secondary N) is 1. The molecule has 0 saturated heterocycles. The molecule has 0 bridgehead atoms. The minimum atomic E-state index is -0.00293. The van der Waals surface area contributed by atoms with Crippen LogP contribution in [0, 0.1) is 0 Å². The fourth-order valence-corrected chi connectivity index (χ4v) is 11.3. The van der Waals surface area contributed by atoms with Gasteiger partial charge in [-0.25, -0.2) is 0 Å². The first-order valence-corrected chi connectivity index (χ1v) is 21.0. The minimum Gasteiger partial charge on any atom is -0.363 e. The molecule has 4 aliphatic rings. The molecule has 274 valence electrons. The SMILES string of the molecule is CCC1Nc2ccccc2N1c1ccc2c(c1)C1(CCCCC1)c1cc(-c3cc(-c4ccccc4)c4c(c3-c3ccccc3)-c3cccc5cccc-4c35)ccc1-2. The van der Waals surface area contributed by atoms with Crippen LogP contribution in [0.2, 0.25) is 0 Å². The van der Waals surface area contributed by atoms with E-state index in [1.54, 1.807) is 0 Å². The Morgan fingerprint density at radius 2 is 1.16 bits per heavy atom. The molecule has 1 spiro atoms. The van der Waals surface area contributed by atoms with Crippen LogP contribution in [-0.2, 0) is 5.41 Å². The van der Waals surface area contributed by atoms with E-state index in [1.165, 1.54) is 138 Å². The van der Waals surface area contributed by atoms with Crippen molar-refractivity contribution in [2.75, 3.05) is 10.2 Å². The van der Waals surface area contributed by atoms with Gasteiger partial charge >= 0.3 is 0 Å². The first-order valence-electron chi connectivity index (χ1n) is 21.0. The van der Waals surface area contributed by atoms with E-state index in [0.29, 0.717) is 0 Å². The molecule has 12 rings (SSSR count). The number of benzene rings is 8. The van der Waals surface area contributed by atoms with Crippen molar-refractivity contribution in [2.45, 2.75) is 57.0 Å². The lowest BCUT2D eigenvalue weighted by atomic mass is 9.67. The van der Waals surface area contributed by atoms with Gasteiger partial charge in [0.15, 0.2) is 0 Å². The van der Waals surface area contributed by atoms with Gasteiger partial charge in [0.2, 0.25) is 0 Å². The predicted molar refractivity (Wildman–Crippen MR) is 240 cm³/mol. The highest BCUT2D eigenvalue weighted by molar-refractivity contribution is 6.22. The quantitative estimate of drug-likeness (QED) is 0.190. The smallest absolute Gasteiger partial charge is 0.104 e. The molecule has 3 aliphatic carbocycles. The molecule has 8 aromatic carbocycles.